The summed E-state index contributed by atoms with van der Waals surface area (Å²) in [4.78, 5) is 0. The first-order valence-corrected chi connectivity index (χ1v) is 11.0. The lowest BCUT2D eigenvalue weighted by atomic mass is 10.0. The molecule has 0 aliphatic carbocycles. The fraction of sp³-hybridized carbons (Fsp3) is 0.333. The zero-order valence-corrected chi connectivity index (χ0v) is 18.3. The summed E-state index contributed by atoms with van der Waals surface area (Å²) in [5.74, 6) is 0. The quantitative estimate of drug-likeness (QED) is 0.398. The highest BCUT2D eigenvalue weighted by Crippen LogP contribution is 2.18. The van der Waals surface area contributed by atoms with Crippen LogP contribution in [0.3, 0.4) is 0 Å². The van der Waals surface area contributed by atoms with E-state index in [9.17, 15) is 10.2 Å². The molecule has 3 rings (SSSR count). The number of hydrogen-bond acceptors (Lipinski definition) is 5. The molecule has 0 bridgehead atoms. The second kappa shape index (κ2) is 13.8. The lowest BCUT2D eigenvalue weighted by Crippen LogP contribution is -2.44. The Morgan fingerprint density at radius 3 is 1.59 bits per heavy atom. The van der Waals surface area contributed by atoms with Gasteiger partial charge in [0.1, 0.15) is 12.2 Å². The minimum absolute atomic E-state index is 0.0672. The monoisotopic (exact) mass is 436 g/mol. The van der Waals surface area contributed by atoms with Gasteiger partial charge in [-0.1, -0.05) is 91.0 Å². The number of benzene rings is 3. The van der Waals surface area contributed by atoms with Gasteiger partial charge < -0.3 is 24.4 Å². The van der Waals surface area contributed by atoms with Crippen molar-refractivity contribution in [3.05, 3.63) is 108 Å². The lowest BCUT2D eigenvalue weighted by molar-refractivity contribution is -0.151. The van der Waals surface area contributed by atoms with E-state index in [0.29, 0.717) is 26.2 Å². The number of aliphatic hydroxyl groups excluding tert-OH is 2. The Bertz CT molecular complexity index is 857. The van der Waals surface area contributed by atoms with Gasteiger partial charge in [-0.3, -0.25) is 0 Å². The Kier molecular flexibility index (Phi) is 10.4. The van der Waals surface area contributed by atoms with E-state index in [2.05, 4.69) is 0 Å². The highest BCUT2D eigenvalue weighted by molar-refractivity contribution is 5.15. The van der Waals surface area contributed by atoms with Crippen LogP contribution in [-0.2, 0) is 34.0 Å². The van der Waals surface area contributed by atoms with Crippen molar-refractivity contribution in [3.8, 4) is 0 Å². The number of hydrogen-bond donors (Lipinski definition) is 2. The molecule has 3 atom stereocenters. The second-order valence-corrected chi connectivity index (χ2v) is 7.68. The van der Waals surface area contributed by atoms with Crippen LogP contribution >= 0.6 is 0 Å². The van der Waals surface area contributed by atoms with Crippen LogP contribution in [0.25, 0.3) is 0 Å². The summed E-state index contributed by atoms with van der Waals surface area (Å²) in [7, 11) is 0. The molecule has 3 aromatic carbocycles. The smallest absolute Gasteiger partial charge is 0.112 e. The van der Waals surface area contributed by atoms with Gasteiger partial charge in [0, 0.05) is 6.61 Å². The molecule has 0 saturated heterocycles. The Morgan fingerprint density at radius 1 is 0.625 bits per heavy atom. The molecule has 0 unspecified atom stereocenters. The maximum atomic E-state index is 10.9. The molecule has 0 aliphatic heterocycles. The lowest BCUT2D eigenvalue weighted by Gasteiger charge is -2.31. The predicted octanol–water partition coefficient (Wildman–Crippen LogP) is 4.12. The summed E-state index contributed by atoms with van der Waals surface area (Å²) in [5.41, 5.74) is 3.06. The van der Waals surface area contributed by atoms with Crippen LogP contribution in [-0.4, -0.2) is 41.7 Å². The predicted molar refractivity (Wildman–Crippen MR) is 124 cm³/mol. The van der Waals surface area contributed by atoms with E-state index in [1.165, 1.54) is 0 Å². The highest BCUT2D eigenvalue weighted by Gasteiger charge is 2.30. The maximum Gasteiger partial charge on any atom is 0.112 e. The van der Waals surface area contributed by atoms with E-state index in [1.54, 1.807) is 0 Å². The molecule has 170 valence electrons. The molecule has 32 heavy (non-hydrogen) atoms. The molecule has 5 heteroatoms. The van der Waals surface area contributed by atoms with E-state index in [0.717, 1.165) is 16.7 Å². The van der Waals surface area contributed by atoms with Gasteiger partial charge in [-0.2, -0.15) is 0 Å². The van der Waals surface area contributed by atoms with Gasteiger partial charge in [0.15, 0.2) is 0 Å². The van der Waals surface area contributed by atoms with Crippen molar-refractivity contribution in [2.24, 2.45) is 0 Å². The summed E-state index contributed by atoms with van der Waals surface area (Å²) >= 11 is 0. The van der Waals surface area contributed by atoms with Gasteiger partial charge in [-0.25, -0.2) is 0 Å². The molecular weight excluding hydrogens is 404 g/mol. The average Bonchev–Trinajstić information content (AvgIpc) is 2.84. The van der Waals surface area contributed by atoms with Crippen LogP contribution in [0.1, 0.15) is 23.1 Å². The molecule has 3 aromatic rings. The largest absolute Gasteiger partial charge is 0.396 e. The van der Waals surface area contributed by atoms with Crippen LogP contribution < -0.4 is 0 Å². The minimum atomic E-state index is -0.908. The molecule has 0 amide bonds. The fourth-order valence-electron chi connectivity index (χ4n) is 3.45. The Hall–Kier alpha value is -2.54. The minimum Gasteiger partial charge on any atom is -0.396 e. The van der Waals surface area contributed by atoms with Gasteiger partial charge in [-0.05, 0) is 23.1 Å². The molecule has 0 radical (unpaired) electrons. The molecular formula is C27H32O5. The van der Waals surface area contributed by atoms with Crippen LogP contribution in [0.2, 0.25) is 0 Å². The van der Waals surface area contributed by atoms with Gasteiger partial charge in [-0.15, -0.1) is 0 Å². The van der Waals surface area contributed by atoms with E-state index in [-0.39, 0.29) is 13.2 Å². The molecule has 0 saturated carbocycles. The number of rotatable bonds is 14. The summed E-state index contributed by atoms with van der Waals surface area (Å²) in [5, 5.41) is 20.6. The Labute approximate surface area is 190 Å². The summed E-state index contributed by atoms with van der Waals surface area (Å²) < 4.78 is 18.0. The van der Waals surface area contributed by atoms with Gasteiger partial charge in [0.2, 0.25) is 0 Å². The maximum absolute atomic E-state index is 10.9. The number of aliphatic hydroxyl groups is 2. The summed E-state index contributed by atoms with van der Waals surface area (Å²) in [6, 6.07) is 29.4. The first-order chi connectivity index (χ1) is 15.8. The fourth-order valence-corrected chi connectivity index (χ4v) is 3.45. The van der Waals surface area contributed by atoms with Crippen LogP contribution in [0.5, 0.6) is 0 Å². The summed E-state index contributed by atoms with van der Waals surface area (Å²) in [6.45, 7) is 1.14. The molecule has 2 N–H and O–H groups in total. The first kappa shape index (κ1) is 24.1. The topological polar surface area (TPSA) is 68.2 Å². The third kappa shape index (κ3) is 8.19. The van der Waals surface area contributed by atoms with Crippen molar-refractivity contribution in [1.29, 1.82) is 0 Å². The highest BCUT2D eigenvalue weighted by atomic mass is 16.6. The normalized spacial score (nSPS) is 14.1. The molecule has 5 nitrogen and oxygen atoms in total. The third-order valence-corrected chi connectivity index (χ3v) is 5.15. The van der Waals surface area contributed by atoms with E-state index >= 15 is 0 Å². The van der Waals surface area contributed by atoms with Crippen LogP contribution in [0.15, 0.2) is 91.0 Å². The van der Waals surface area contributed by atoms with Crippen LogP contribution in [0, 0.1) is 0 Å². The van der Waals surface area contributed by atoms with Gasteiger partial charge in [0.05, 0.1) is 32.5 Å². The first-order valence-electron chi connectivity index (χ1n) is 11.0. The Morgan fingerprint density at radius 2 is 1.09 bits per heavy atom. The zero-order chi connectivity index (χ0) is 22.4. The van der Waals surface area contributed by atoms with Crippen molar-refractivity contribution in [2.75, 3.05) is 13.2 Å². The molecule has 0 heterocycles. The zero-order valence-electron chi connectivity index (χ0n) is 18.3. The van der Waals surface area contributed by atoms with E-state index < -0.39 is 18.3 Å². The SMILES string of the molecule is OCC[C@@H](OCc1ccccc1)[C@H](OCc1ccccc1)[C@@H](O)COCc1ccccc1. The van der Waals surface area contributed by atoms with Crippen molar-refractivity contribution in [3.63, 3.8) is 0 Å². The van der Waals surface area contributed by atoms with E-state index in [1.807, 2.05) is 91.0 Å². The third-order valence-electron chi connectivity index (χ3n) is 5.15. The molecule has 0 aliphatic rings. The van der Waals surface area contributed by atoms with Crippen molar-refractivity contribution in [1.82, 2.24) is 0 Å². The van der Waals surface area contributed by atoms with Gasteiger partial charge in [0.25, 0.3) is 0 Å². The molecule has 0 aromatic heterocycles. The van der Waals surface area contributed by atoms with Crippen LogP contribution in [0.4, 0.5) is 0 Å². The number of ether oxygens (including phenoxy) is 3. The molecule has 0 fully saturated rings. The van der Waals surface area contributed by atoms with Crippen molar-refractivity contribution < 1.29 is 24.4 Å². The Balaban J connectivity index is 1.64. The van der Waals surface area contributed by atoms with Gasteiger partial charge >= 0.3 is 0 Å². The standard InChI is InChI=1S/C27H32O5/c28-17-16-26(31-19-23-12-6-2-7-13-23)27(32-20-24-14-8-3-9-15-24)25(29)21-30-18-22-10-4-1-5-11-22/h1-15,25-29H,16-21H2/t25-,26+,27+/m0/s1. The summed E-state index contributed by atoms with van der Waals surface area (Å²) in [6.07, 6.45) is -1.70. The van der Waals surface area contributed by atoms with E-state index in [4.69, 9.17) is 14.2 Å². The van der Waals surface area contributed by atoms with Crippen molar-refractivity contribution >= 4 is 0 Å². The second-order valence-electron chi connectivity index (χ2n) is 7.68. The molecule has 0 spiro atoms. The average molecular weight is 437 g/mol. The van der Waals surface area contributed by atoms with Crippen molar-refractivity contribution in [2.45, 2.75) is 44.6 Å².